The van der Waals surface area contributed by atoms with E-state index in [2.05, 4.69) is 16.6 Å². The lowest BCUT2D eigenvalue weighted by atomic mass is 9.95. The van der Waals surface area contributed by atoms with Crippen LogP contribution < -0.4 is 5.32 Å². The molecule has 1 heterocycles. The fourth-order valence-corrected chi connectivity index (χ4v) is 4.10. The Morgan fingerprint density at radius 3 is 2.89 bits per heavy atom. The molecule has 1 aliphatic carbocycles. The largest absolute Gasteiger partial charge is 0.366 e. The number of nitrogens with one attached hydrogen (secondary N) is 1. The predicted octanol–water partition coefficient (Wildman–Crippen LogP) is 2.57. The number of hydrogen-bond acceptors (Lipinski definition) is 5. The summed E-state index contributed by atoms with van der Waals surface area (Å²) in [6.07, 6.45) is 9.57. The number of sulfone groups is 1. The molecular formula is C13H20N2O2S2. The molecule has 2 unspecified atom stereocenters. The van der Waals surface area contributed by atoms with Crippen LogP contribution in [0.1, 0.15) is 25.7 Å². The SMILES string of the molecule is CSC1CCCC(Nc2ncccc2S(C)(=O)=O)C1. The van der Waals surface area contributed by atoms with Crippen molar-refractivity contribution in [1.29, 1.82) is 0 Å². The minimum Gasteiger partial charge on any atom is -0.366 e. The van der Waals surface area contributed by atoms with Gasteiger partial charge in [-0.05, 0) is 37.7 Å². The zero-order chi connectivity index (χ0) is 13.9. The number of anilines is 1. The predicted molar refractivity (Wildman–Crippen MR) is 80.5 cm³/mol. The van der Waals surface area contributed by atoms with E-state index in [1.807, 2.05) is 11.8 Å². The summed E-state index contributed by atoms with van der Waals surface area (Å²) >= 11 is 1.89. The Labute approximate surface area is 119 Å². The van der Waals surface area contributed by atoms with Crippen LogP contribution in [0.3, 0.4) is 0 Å². The van der Waals surface area contributed by atoms with Crippen molar-refractivity contribution in [3.05, 3.63) is 18.3 Å². The molecule has 19 heavy (non-hydrogen) atoms. The molecule has 1 aromatic heterocycles. The highest BCUT2D eigenvalue weighted by molar-refractivity contribution is 7.99. The van der Waals surface area contributed by atoms with Crippen LogP contribution >= 0.6 is 11.8 Å². The molecule has 0 aromatic carbocycles. The summed E-state index contributed by atoms with van der Waals surface area (Å²) in [5.41, 5.74) is 0. The third-order valence-electron chi connectivity index (χ3n) is 3.47. The van der Waals surface area contributed by atoms with E-state index in [4.69, 9.17) is 0 Å². The van der Waals surface area contributed by atoms with E-state index in [9.17, 15) is 8.42 Å². The van der Waals surface area contributed by atoms with Gasteiger partial charge in [-0.15, -0.1) is 0 Å². The summed E-state index contributed by atoms with van der Waals surface area (Å²) in [5.74, 6) is 0.497. The van der Waals surface area contributed by atoms with E-state index < -0.39 is 9.84 Å². The Morgan fingerprint density at radius 1 is 1.42 bits per heavy atom. The first-order valence-corrected chi connectivity index (χ1v) is 9.63. The Balaban J connectivity index is 2.15. The van der Waals surface area contributed by atoms with Gasteiger partial charge in [0.1, 0.15) is 10.7 Å². The summed E-state index contributed by atoms with van der Waals surface area (Å²) in [6, 6.07) is 3.59. The summed E-state index contributed by atoms with van der Waals surface area (Å²) in [4.78, 5) is 4.49. The van der Waals surface area contributed by atoms with Crippen LogP contribution in [0.4, 0.5) is 5.82 Å². The highest BCUT2D eigenvalue weighted by atomic mass is 32.2. The minimum absolute atomic E-state index is 0.293. The van der Waals surface area contributed by atoms with E-state index in [0.29, 0.717) is 22.0 Å². The van der Waals surface area contributed by atoms with Crippen LogP contribution in [-0.4, -0.2) is 37.2 Å². The lowest BCUT2D eigenvalue weighted by molar-refractivity contribution is 0.472. The highest BCUT2D eigenvalue weighted by Gasteiger charge is 2.23. The maximum absolute atomic E-state index is 11.7. The van der Waals surface area contributed by atoms with Gasteiger partial charge in [-0.2, -0.15) is 11.8 Å². The smallest absolute Gasteiger partial charge is 0.179 e. The molecule has 4 nitrogen and oxygen atoms in total. The molecule has 0 radical (unpaired) electrons. The van der Waals surface area contributed by atoms with E-state index in [0.717, 1.165) is 12.8 Å². The maximum Gasteiger partial charge on any atom is 0.179 e. The van der Waals surface area contributed by atoms with Crippen LogP contribution in [0.15, 0.2) is 23.2 Å². The average Bonchev–Trinajstić information content (AvgIpc) is 2.38. The van der Waals surface area contributed by atoms with Gasteiger partial charge < -0.3 is 5.32 Å². The molecule has 1 N–H and O–H groups in total. The number of thioether (sulfide) groups is 1. The minimum atomic E-state index is -3.23. The number of pyridine rings is 1. The van der Waals surface area contributed by atoms with Crippen molar-refractivity contribution in [3.8, 4) is 0 Å². The quantitative estimate of drug-likeness (QED) is 0.926. The fraction of sp³-hybridized carbons (Fsp3) is 0.615. The molecule has 0 aliphatic heterocycles. The van der Waals surface area contributed by atoms with Gasteiger partial charge in [0, 0.05) is 23.7 Å². The Morgan fingerprint density at radius 2 is 2.21 bits per heavy atom. The lowest BCUT2D eigenvalue weighted by Gasteiger charge is -2.29. The third kappa shape index (κ3) is 3.86. The first kappa shape index (κ1) is 14.7. The van der Waals surface area contributed by atoms with Gasteiger partial charge in [-0.25, -0.2) is 13.4 Å². The standard InChI is InChI=1S/C13H20N2O2S2/c1-18-11-6-3-5-10(9-11)15-13-12(19(2,16)17)7-4-8-14-13/h4,7-8,10-11H,3,5-6,9H2,1-2H3,(H,14,15). The fourth-order valence-electron chi connectivity index (χ4n) is 2.48. The molecule has 106 valence electrons. The molecular weight excluding hydrogens is 280 g/mol. The first-order chi connectivity index (χ1) is 9.00. The van der Waals surface area contributed by atoms with E-state index in [-0.39, 0.29) is 0 Å². The lowest BCUT2D eigenvalue weighted by Crippen LogP contribution is -2.29. The molecule has 0 amide bonds. The molecule has 1 saturated carbocycles. The van der Waals surface area contributed by atoms with E-state index in [1.165, 1.54) is 19.1 Å². The molecule has 1 aromatic rings. The van der Waals surface area contributed by atoms with Crippen LogP contribution in [-0.2, 0) is 9.84 Å². The molecule has 0 bridgehead atoms. The van der Waals surface area contributed by atoms with Gasteiger partial charge in [0.15, 0.2) is 9.84 Å². The monoisotopic (exact) mass is 300 g/mol. The first-order valence-electron chi connectivity index (χ1n) is 6.45. The zero-order valence-electron chi connectivity index (χ0n) is 11.3. The second-order valence-electron chi connectivity index (χ2n) is 4.99. The van der Waals surface area contributed by atoms with Crippen LogP contribution in [0.5, 0.6) is 0 Å². The van der Waals surface area contributed by atoms with Crippen molar-refractivity contribution in [2.24, 2.45) is 0 Å². The van der Waals surface area contributed by atoms with Crippen molar-refractivity contribution < 1.29 is 8.42 Å². The van der Waals surface area contributed by atoms with Crippen LogP contribution in [0, 0.1) is 0 Å². The van der Waals surface area contributed by atoms with Crippen molar-refractivity contribution in [2.75, 3.05) is 17.8 Å². The number of rotatable bonds is 4. The topological polar surface area (TPSA) is 59.1 Å². The third-order valence-corrected chi connectivity index (χ3v) is 5.69. The second-order valence-corrected chi connectivity index (χ2v) is 8.11. The van der Waals surface area contributed by atoms with Crippen molar-refractivity contribution >= 4 is 27.4 Å². The van der Waals surface area contributed by atoms with Gasteiger partial charge in [0.25, 0.3) is 0 Å². The molecule has 2 rings (SSSR count). The summed E-state index contributed by atoms with van der Waals surface area (Å²) in [6.45, 7) is 0. The summed E-state index contributed by atoms with van der Waals surface area (Å²) in [5, 5.41) is 3.98. The van der Waals surface area contributed by atoms with Gasteiger partial charge in [-0.1, -0.05) is 6.42 Å². The molecule has 6 heteroatoms. The van der Waals surface area contributed by atoms with Gasteiger partial charge >= 0.3 is 0 Å². The highest BCUT2D eigenvalue weighted by Crippen LogP contribution is 2.29. The maximum atomic E-state index is 11.7. The Bertz CT molecular complexity index is 531. The van der Waals surface area contributed by atoms with Crippen LogP contribution in [0.2, 0.25) is 0 Å². The Kier molecular flexibility index (Phi) is 4.73. The average molecular weight is 300 g/mol. The molecule has 1 fully saturated rings. The molecule has 2 atom stereocenters. The zero-order valence-corrected chi connectivity index (χ0v) is 12.9. The van der Waals surface area contributed by atoms with Crippen LogP contribution in [0.25, 0.3) is 0 Å². The molecule has 1 aliphatic rings. The van der Waals surface area contributed by atoms with Gasteiger partial charge in [0.05, 0.1) is 0 Å². The summed E-state index contributed by atoms with van der Waals surface area (Å²) in [7, 11) is -3.23. The van der Waals surface area contributed by atoms with Gasteiger partial charge in [0.2, 0.25) is 0 Å². The summed E-state index contributed by atoms with van der Waals surface area (Å²) < 4.78 is 23.5. The van der Waals surface area contributed by atoms with Crippen molar-refractivity contribution in [1.82, 2.24) is 4.98 Å². The van der Waals surface area contributed by atoms with Gasteiger partial charge in [-0.3, -0.25) is 0 Å². The molecule has 0 spiro atoms. The number of aromatic nitrogens is 1. The van der Waals surface area contributed by atoms with Crippen molar-refractivity contribution in [2.45, 2.75) is 41.9 Å². The number of nitrogens with zero attached hydrogens (tertiary/aromatic N) is 1. The van der Waals surface area contributed by atoms with Crippen molar-refractivity contribution in [3.63, 3.8) is 0 Å². The van der Waals surface area contributed by atoms with E-state index >= 15 is 0 Å². The second kappa shape index (κ2) is 6.13. The number of hydrogen-bond donors (Lipinski definition) is 1. The molecule has 0 saturated heterocycles. The Hall–Kier alpha value is -0.750. The normalized spacial score (nSPS) is 24.1. The van der Waals surface area contributed by atoms with E-state index in [1.54, 1.807) is 18.3 Å².